The summed E-state index contributed by atoms with van der Waals surface area (Å²) in [4.78, 5) is 0. The van der Waals surface area contributed by atoms with Crippen LogP contribution in [-0.4, -0.2) is 55.1 Å². The number of benzene rings is 1. The molecule has 4 nitrogen and oxygen atoms in total. The molecule has 0 saturated carbocycles. The summed E-state index contributed by atoms with van der Waals surface area (Å²) < 4.78 is 1.17. The van der Waals surface area contributed by atoms with Crippen molar-refractivity contribution in [2.24, 2.45) is 5.73 Å². The third kappa shape index (κ3) is 4.21. The van der Waals surface area contributed by atoms with E-state index in [1.807, 2.05) is 30.3 Å². The number of aliphatic hydroxyl groups is 3. The zero-order valence-corrected chi connectivity index (χ0v) is 10.6. The molecule has 5 N–H and O–H groups in total. The Labute approximate surface area is 101 Å². The van der Waals surface area contributed by atoms with Crippen LogP contribution in [0.15, 0.2) is 30.3 Å². The van der Waals surface area contributed by atoms with E-state index in [1.54, 1.807) is 0 Å². The van der Waals surface area contributed by atoms with E-state index >= 15 is 0 Å². The first kappa shape index (κ1) is 13.6. The standard InChI is InChI=1S/C11H17NO3Se/c12-9(6-13)11(15)10(14)7-16-8-4-2-1-3-5-8/h1-5,9-11,13-15H,6-7,12H2/t9-,10?,11?/m1/s1. The average molecular weight is 290 g/mol. The molecule has 1 aromatic carbocycles. The average Bonchev–Trinajstić information content (AvgIpc) is 2.35. The fourth-order valence-electron chi connectivity index (χ4n) is 1.19. The maximum absolute atomic E-state index is 9.66. The molecule has 0 aromatic heterocycles. The van der Waals surface area contributed by atoms with Crippen molar-refractivity contribution in [2.45, 2.75) is 23.6 Å². The minimum atomic E-state index is -1.06. The van der Waals surface area contributed by atoms with E-state index in [0.29, 0.717) is 5.32 Å². The molecule has 0 heterocycles. The maximum atomic E-state index is 9.66. The molecule has 2 unspecified atom stereocenters. The Morgan fingerprint density at radius 1 is 1.19 bits per heavy atom. The van der Waals surface area contributed by atoms with Gasteiger partial charge < -0.3 is 0 Å². The van der Waals surface area contributed by atoms with Crippen molar-refractivity contribution in [2.75, 3.05) is 6.61 Å². The molecule has 0 aliphatic rings. The van der Waals surface area contributed by atoms with Crippen LogP contribution in [0.2, 0.25) is 5.32 Å². The van der Waals surface area contributed by atoms with E-state index in [0.717, 1.165) is 0 Å². The van der Waals surface area contributed by atoms with Gasteiger partial charge in [0.15, 0.2) is 0 Å². The second kappa shape index (κ2) is 7.01. The van der Waals surface area contributed by atoms with Crippen LogP contribution in [0.4, 0.5) is 0 Å². The van der Waals surface area contributed by atoms with Gasteiger partial charge >= 0.3 is 101 Å². The summed E-state index contributed by atoms with van der Waals surface area (Å²) >= 11 is 0.108. The quantitative estimate of drug-likeness (QED) is 0.479. The SMILES string of the molecule is N[C@H](CO)C(O)C(O)C[Se]c1ccccc1. The molecule has 0 saturated heterocycles. The summed E-state index contributed by atoms with van der Waals surface area (Å²) in [5.74, 6) is 0. The topological polar surface area (TPSA) is 86.7 Å². The molecule has 1 aromatic rings. The fourth-order valence-corrected chi connectivity index (χ4v) is 3.10. The Morgan fingerprint density at radius 3 is 2.38 bits per heavy atom. The van der Waals surface area contributed by atoms with Crippen LogP contribution in [0.1, 0.15) is 0 Å². The predicted octanol–water partition coefficient (Wildman–Crippen LogP) is -1.52. The molecule has 0 aliphatic heterocycles. The van der Waals surface area contributed by atoms with Gasteiger partial charge in [-0.25, -0.2) is 0 Å². The molecular weight excluding hydrogens is 273 g/mol. The second-order valence-corrected chi connectivity index (χ2v) is 5.82. The summed E-state index contributed by atoms with van der Waals surface area (Å²) in [6.07, 6.45) is -1.93. The molecule has 0 amide bonds. The van der Waals surface area contributed by atoms with Gasteiger partial charge in [-0.05, 0) is 0 Å². The van der Waals surface area contributed by atoms with Gasteiger partial charge in [-0.1, -0.05) is 0 Å². The molecular formula is C11H17NO3Se. The zero-order valence-electron chi connectivity index (χ0n) is 8.86. The van der Waals surface area contributed by atoms with Gasteiger partial charge in [-0.15, -0.1) is 0 Å². The van der Waals surface area contributed by atoms with Crippen molar-refractivity contribution in [3.63, 3.8) is 0 Å². The van der Waals surface area contributed by atoms with Crippen LogP contribution in [0.25, 0.3) is 0 Å². The van der Waals surface area contributed by atoms with Gasteiger partial charge in [0.2, 0.25) is 0 Å². The van der Waals surface area contributed by atoms with Gasteiger partial charge in [0.05, 0.1) is 0 Å². The van der Waals surface area contributed by atoms with E-state index in [4.69, 9.17) is 10.8 Å². The van der Waals surface area contributed by atoms with Crippen molar-refractivity contribution < 1.29 is 15.3 Å². The molecule has 0 radical (unpaired) electrons. The number of aliphatic hydroxyl groups excluding tert-OH is 3. The molecule has 16 heavy (non-hydrogen) atoms. The predicted molar refractivity (Wildman–Crippen MR) is 63.7 cm³/mol. The molecule has 90 valence electrons. The van der Waals surface area contributed by atoms with Gasteiger partial charge in [-0.2, -0.15) is 0 Å². The molecule has 3 atom stereocenters. The van der Waals surface area contributed by atoms with E-state index in [2.05, 4.69) is 0 Å². The Balaban J connectivity index is 2.38. The monoisotopic (exact) mass is 291 g/mol. The van der Waals surface area contributed by atoms with Crippen LogP contribution in [0.3, 0.4) is 0 Å². The van der Waals surface area contributed by atoms with Crippen molar-refractivity contribution in [3.05, 3.63) is 30.3 Å². The van der Waals surface area contributed by atoms with E-state index < -0.39 is 18.2 Å². The van der Waals surface area contributed by atoms with Crippen molar-refractivity contribution in [1.29, 1.82) is 0 Å². The van der Waals surface area contributed by atoms with Crippen LogP contribution in [0, 0.1) is 0 Å². The first-order valence-electron chi connectivity index (χ1n) is 5.05. The molecule has 0 fully saturated rings. The Bertz CT molecular complexity index is 297. The first-order valence-corrected chi connectivity index (χ1v) is 7.12. The molecule has 1 rings (SSSR count). The fraction of sp³-hybridized carbons (Fsp3) is 0.455. The van der Waals surface area contributed by atoms with Gasteiger partial charge in [0.1, 0.15) is 0 Å². The zero-order chi connectivity index (χ0) is 12.0. The first-order chi connectivity index (χ1) is 7.65. The Hall–Kier alpha value is -0.421. The van der Waals surface area contributed by atoms with Crippen molar-refractivity contribution in [3.8, 4) is 0 Å². The van der Waals surface area contributed by atoms with Crippen LogP contribution >= 0.6 is 0 Å². The molecule has 5 heteroatoms. The summed E-state index contributed by atoms with van der Waals surface area (Å²) in [6, 6.07) is 9.03. The van der Waals surface area contributed by atoms with E-state index in [1.165, 1.54) is 4.46 Å². The summed E-state index contributed by atoms with van der Waals surface area (Å²) in [7, 11) is 0. The van der Waals surface area contributed by atoms with Crippen LogP contribution in [-0.2, 0) is 0 Å². The number of rotatable bonds is 6. The number of hydrogen-bond acceptors (Lipinski definition) is 4. The summed E-state index contributed by atoms with van der Waals surface area (Å²) in [6.45, 7) is -0.323. The second-order valence-electron chi connectivity index (χ2n) is 3.53. The number of nitrogens with two attached hydrogens (primary N) is 1. The third-order valence-electron chi connectivity index (χ3n) is 2.21. The van der Waals surface area contributed by atoms with Gasteiger partial charge in [0, 0.05) is 0 Å². The molecule has 0 aliphatic carbocycles. The normalized spacial score (nSPS) is 16.8. The summed E-state index contributed by atoms with van der Waals surface area (Å²) in [5.41, 5.74) is 5.43. The molecule has 0 spiro atoms. The van der Waals surface area contributed by atoms with Gasteiger partial charge in [-0.3, -0.25) is 0 Å². The third-order valence-corrected chi connectivity index (χ3v) is 4.54. The van der Waals surface area contributed by atoms with Crippen LogP contribution < -0.4 is 10.2 Å². The molecule has 0 bridgehead atoms. The van der Waals surface area contributed by atoms with E-state index in [-0.39, 0.29) is 21.6 Å². The minimum absolute atomic E-state index is 0.108. The number of hydrogen-bond donors (Lipinski definition) is 4. The Kier molecular flexibility index (Phi) is 5.98. The Morgan fingerprint density at radius 2 is 1.81 bits per heavy atom. The van der Waals surface area contributed by atoms with Crippen molar-refractivity contribution >= 4 is 19.4 Å². The van der Waals surface area contributed by atoms with Crippen molar-refractivity contribution in [1.82, 2.24) is 0 Å². The van der Waals surface area contributed by atoms with E-state index in [9.17, 15) is 10.2 Å². The van der Waals surface area contributed by atoms with Crippen LogP contribution in [0.5, 0.6) is 0 Å². The van der Waals surface area contributed by atoms with Gasteiger partial charge in [0.25, 0.3) is 0 Å². The summed E-state index contributed by atoms with van der Waals surface area (Å²) in [5, 5.41) is 28.4.